The quantitative estimate of drug-likeness (QED) is 0.848. The molecule has 142 valence electrons. The molecule has 0 aliphatic carbocycles. The van der Waals surface area contributed by atoms with Crippen LogP contribution in [0.3, 0.4) is 0 Å². The molecule has 4 rings (SSSR count). The highest BCUT2D eigenvalue weighted by Crippen LogP contribution is 2.21. The van der Waals surface area contributed by atoms with Gasteiger partial charge in [0.25, 0.3) is 5.91 Å². The Morgan fingerprint density at radius 1 is 0.852 bits per heavy atom. The monoisotopic (exact) mass is 363 g/mol. The van der Waals surface area contributed by atoms with Crippen molar-refractivity contribution >= 4 is 17.3 Å². The Morgan fingerprint density at radius 2 is 1.56 bits per heavy atom. The zero-order chi connectivity index (χ0) is 18.5. The minimum Gasteiger partial charge on any atom is -0.372 e. The third-order valence-electron chi connectivity index (χ3n) is 5.64. The smallest absolute Gasteiger partial charge is 0.255 e. The number of rotatable bonds is 5. The van der Waals surface area contributed by atoms with Crippen molar-refractivity contribution in [3.8, 4) is 0 Å². The molecule has 4 heteroatoms. The molecular formula is C23H29N3O. The van der Waals surface area contributed by atoms with Crippen LogP contribution in [0.1, 0.15) is 48.0 Å². The number of hydrogen-bond donors (Lipinski definition) is 1. The fourth-order valence-corrected chi connectivity index (χ4v) is 4.13. The minimum atomic E-state index is -0.0430. The Bertz CT molecular complexity index is 759. The molecule has 1 amide bonds. The number of carbonyl (C=O) groups excluding carboxylic acids is 1. The van der Waals surface area contributed by atoms with Crippen LogP contribution < -0.4 is 10.2 Å². The van der Waals surface area contributed by atoms with Gasteiger partial charge < -0.3 is 10.2 Å². The maximum absolute atomic E-state index is 12.6. The Labute approximate surface area is 162 Å². The first-order valence-corrected chi connectivity index (χ1v) is 10.3. The largest absolute Gasteiger partial charge is 0.372 e. The predicted octanol–water partition coefficient (Wildman–Crippen LogP) is 4.53. The number of piperidine rings is 1. The van der Waals surface area contributed by atoms with Gasteiger partial charge in [-0.1, -0.05) is 12.1 Å². The normalized spacial score (nSPS) is 17.9. The first-order valence-electron chi connectivity index (χ1n) is 10.3. The van der Waals surface area contributed by atoms with E-state index in [4.69, 9.17) is 0 Å². The summed E-state index contributed by atoms with van der Waals surface area (Å²) in [6, 6.07) is 16.3. The van der Waals surface area contributed by atoms with Crippen LogP contribution in [0, 0.1) is 0 Å². The van der Waals surface area contributed by atoms with E-state index in [1.807, 2.05) is 24.3 Å². The highest BCUT2D eigenvalue weighted by molar-refractivity contribution is 6.04. The average molecular weight is 364 g/mol. The summed E-state index contributed by atoms with van der Waals surface area (Å²) in [7, 11) is 0. The maximum Gasteiger partial charge on any atom is 0.255 e. The van der Waals surface area contributed by atoms with Gasteiger partial charge in [-0.05, 0) is 87.2 Å². The molecule has 4 nitrogen and oxygen atoms in total. The molecular weight excluding hydrogens is 334 g/mol. The van der Waals surface area contributed by atoms with E-state index in [9.17, 15) is 4.79 Å². The Kier molecular flexibility index (Phi) is 5.73. The lowest BCUT2D eigenvalue weighted by atomic mass is 10.1. The molecule has 0 spiro atoms. The number of likely N-dealkylation sites (tertiary alicyclic amines) is 1. The molecule has 2 fully saturated rings. The number of benzene rings is 2. The second kappa shape index (κ2) is 8.57. The van der Waals surface area contributed by atoms with Gasteiger partial charge in [0.2, 0.25) is 0 Å². The molecule has 0 unspecified atom stereocenters. The zero-order valence-corrected chi connectivity index (χ0v) is 16.0. The molecule has 2 saturated heterocycles. The molecule has 1 N–H and O–H groups in total. The number of nitrogens with zero attached hydrogens (tertiary/aromatic N) is 2. The van der Waals surface area contributed by atoms with E-state index in [-0.39, 0.29) is 5.91 Å². The van der Waals surface area contributed by atoms with Gasteiger partial charge in [-0.2, -0.15) is 0 Å². The molecule has 2 aliphatic heterocycles. The van der Waals surface area contributed by atoms with Crippen LogP contribution in [0.15, 0.2) is 48.5 Å². The van der Waals surface area contributed by atoms with E-state index in [1.54, 1.807) is 0 Å². The van der Waals surface area contributed by atoms with Crippen molar-refractivity contribution in [1.82, 2.24) is 4.90 Å². The van der Waals surface area contributed by atoms with E-state index in [1.165, 1.54) is 56.4 Å². The number of amides is 1. The lowest BCUT2D eigenvalue weighted by Crippen LogP contribution is -2.29. The summed E-state index contributed by atoms with van der Waals surface area (Å²) in [4.78, 5) is 17.5. The first kappa shape index (κ1) is 18.1. The van der Waals surface area contributed by atoms with Gasteiger partial charge in [-0.15, -0.1) is 0 Å². The van der Waals surface area contributed by atoms with Crippen molar-refractivity contribution in [1.29, 1.82) is 0 Å². The van der Waals surface area contributed by atoms with Gasteiger partial charge in [0.1, 0.15) is 0 Å². The van der Waals surface area contributed by atoms with Gasteiger partial charge in [0.05, 0.1) is 0 Å². The second-order valence-electron chi connectivity index (χ2n) is 7.73. The molecule has 2 aromatic carbocycles. The highest BCUT2D eigenvalue weighted by atomic mass is 16.1. The van der Waals surface area contributed by atoms with Gasteiger partial charge in [-0.25, -0.2) is 0 Å². The SMILES string of the molecule is O=C(Nc1cccc(CN2CCCC2)c1)c1ccc(N2CCCCC2)cc1. The van der Waals surface area contributed by atoms with Crippen LogP contribution in [-0.2, 0) is 6.54 Å². The van der Waals surface area contributed by atoms with Crippen molar-refractivity contribution in [2.24, 2.45) is 0 Å². The van der Waals surface area contributed by atoms with Crippen molar-refractivity contribution in [3.63, 3.8) is 0 Å². The molecule has 0 saturated carbocycles. The van der Waals surface area contributed by atoms with Gasteiger partial charge in [0.15, 0.2) is 0 Å². The summed E-state index contributed by atoms with van der Waals surface area (Å²) in [5.74, 6) is -0.0430. The number of anilines is 2. The van der Waals surface area contributed by atoms with Gasteiger partial charge >= 0.3 is 0 Å². The molecule has 0 aromatic heterocycles. The van der Waals surface area contributed by atoms with E-state index >= 15 is 0 Å². The van der Waals surface area contributed by atoms with Crippen molar-refractivity contribution < 1.29 is 4.79 Å². The second-order valence-corrected chi connectivity index (χ2v) is 7.73. The highest BCUT2D eigenvalue weighted by Gasteiger charge is 2.14. The summed E-state index contributed by atoms with van der Waals surface area (Å²) >= 11 is 0. The molecule has 0 radical (unpaired) electrons. The minimum absolute atomic E-state index is 0.0430. The Hall–Kier alpha value is -2.33. The topological polar surface area (TPSA) is 35.6 Å². The van der Waals surface area contributed by atoms with Gasteiger partial charge in [-0.3, -0.25) is 9.69 Å². The number of nitrogens with one attached hydrogen (secondary N) is 1. The van der Waals surface area contributed by atoms with Crippen LogP contribution in [0.25, 0.3) is 0 Å². The lowest BCUT2D eigenvalue weighted by molar-refractivity contribution is 0.102. The van der Waals surface area contributed by atoms with E-state index in [0.717, 1.165) is 25.3 Å². The fourth-order valence-electron chi connectivity index (χ4n) is 4.13. The van der Waals surface area contributed by atoms with Crippen molar-refractivity contribution in [2.45, 2.75) is 38.6 Å². The summed E-state index contributed by atoms with van der Waals surface area (Å²) in [5, 5.41) is 3.05. The van der Waals surface area contributed by atoms with Gasteiger partial charge in [0, 0.05) is 36.6 Å². The average Bonchev–Trinajstić information content (AvgIpc) is 3.22. The summed E-state index contributed by atoms with van der Waals surface area (Å²) < 4.78 is 0. The van der Waals surface area contributed by atoms with Crippen LogP contribution >= 0.6 is 0 Å². The van der Waals surface area contributed by atoms with Crippen LogP contribution in [0.4, 0.5) is 11.4 Å². The predicted molar refractivity (Wildman–Crippen MR) is 111 cm³/mol. The van der Waals surface area contributed by atoms with Crippen LogP contribution in [0.2, 0.25) is 0 Å². The van der Waals surface area contributed by atoms with E-state index in [2.05, 4.69) is 39.4 Å². The van der Waals surface area contributed by atoms with Crippen LogP contribution in [0.5, 0.6) is 0 Å². The maximum atomic E-state index is 12.6. The molecule has 2 aliphatic rings. The Balaban J connectivity index is 1.38. The van der Waals surface area contributed by atoms with Crippen LogP contribution in [-0.4, -0.2) is 37.0 Å². The molecule has 0 bridgehead atoms. The summed E-state index contributed by atoms with van der Waals surface area (Å²) in [6.45, 7) is 5.57. The first-order chi connectivity index (χ1) is 13.3. The van der Waals surface area contributed by atoms with E-state index in [0.29, 0.717) is 5.56 Å². The molecule has 2 heterocycles. The number of carbonyl (C=O) groups is 1. The molecule has 0 atom stereocenters. The molecule has 27 heavy (non-hydrogen) atoms. The third kappa shape index (κ3) is 4.69. The standard InChI is InChI=1S/C23H29N3O/c27-23(20-9-11-22(12-10-20)26-15-2-1-3-16-26)24-21-8-6-7-19(17-21)18-25-13-4-5-14-25/h6-12,17H,1-5,13-16,18H2,(H,24,27). The summed E-state index contributed by atoms with van der Waals surface area (Å²) in [5.41, 5.74) is 4.06. The van der Waals surface area contributed by atoms with Crippen molar-refractivity contribution in [2.75, 3.05) is 36.4 Å². The summed E-state index contributed by atoms with van der Waals surface area (Å²) in [6.07, 6.45) is 6.44. The Morgan fingerprint density at radius 3 is 2.30 bits per heavy atom. The van der Waals surface area contributed by atoms with E-state index < -0.39 is 0 Å². The fraction of sp³-hybridized carbons (Fsp3) is 0.435. The third-order valence-corrected chi connectivity index (χ3v) is 5.64. The lowest BCUT2D eigenvalue weighted by Gasteiger charge is -2.28. The number of hydrogen-bond acceptors (Lipinski definition) is 3. The molecule has 2 aromatic rings. The zero-order valence-electron chi connectivity index (χ0n) is 16.0. The van der Waals surface area contributed by atoms with Crippen molar-refractivity contribution in [3.05, 3.63) is 59.7 Å².